The molecule has 1 amide bonds. The number of likely N-dealkylation sites (tertiary alicyclic amines) is 1. The summed E-state index contributed by atoms with van der Waals surface area (Å²) < 4.78 is 5.90. The molecule has 0 radical (unpaired) electrons. The first-order chi connectivity index (χ1) is 14.2. The molecule has 0 bridgehead atoms. The van der Waals surface area contributed by atoms with Crippen molar-refractivity contribution in [2.45, 2.75) is 76.4 Å². The minimum absolute atomic E-state index is 0.0158. The number of aromatic nitrogens is 1. The van der Waals surface area contributed by atoms with Crippen molar-refractivity contribution in [1.82, 2.24) is 9.88 Å². The SMILES string of the molecule is Cc1oc([C@@H]2CC[C@@H](C)N(C(=O)c3ccccc3C3(C#N)CC3)C2)nc1C(C)(C)O. The summed E-state index contributed by atoms with van der Waals surface area (Å²) >= 11 is 0. The van der Waals surface area contributed by atoms with E-state index in [0.29, 0.717) is 29.5 Å². The van der Waals surface area contributed by atoms with Gasteiger partial charge in [-0.1, -0.05) is 18.2 Å². The summed E-state index contributed by atoms with van der Waals surface area (Å²) in [6.07, 6.45) is 3.34. The third kappa shape index (κ3) is 3.52. The van der Waals surface area contributed by atoms with E-state index in [1.165, 1.54) is 0 Å². The normalized spacial score (nSPS) is 23.1. The molecule has 6 nitrogen and oxygen atoms in total. The molecule has 2 heterocycles. The molecule has 0 unspecified atom stereocenters. The summed E-state index contributed by atoms with van der Waals surface area (Å²) in [7, 11) is 0. The van der Waals surface area contributed by atoms with Crippen molar-refractivity contribution in [3.63, 3.8) is 0 Å². The molecule has 0 spiro atoms. The smallest absolute Gasteiger partial charge is 0.254 e. The monoisotopic (exact) mass is 407 g/mol. The Kier molecular flexibility index (Phi) is 4.98. The van der Waals surface area contributed by atoms with Crippen LogP contribution in [0.3, 0.4) is 0 Å². The van der Waals surface area contributed by atoms with E-state index in [2.05, 4.69) is 18.0 Å². The van der Waals surface area contributed by atoms with E-state index in [0.717, 1.165) is 31.2 Å². The van der Waals surface area contributed by atoms with Gasteiger partial charge in [0.05, 0.1) is 17.4 Å². The number of hydrogen-bond acceptors (Lipinski definition) is 5. The van der Waals surface area contributed by atoms with E-state index in [1.807, 2.05) is 36.1 Å². The fourth-order valence-electron chi connectivity index (χ4n) is 4.56. The topological polar surface area (TPSA) is 90.4 Å². The van der Waals surface area contributed by atoms with Crippen LogP contribution < -0.4 is 0 Å². The molecule has 158 valence electrons. The van der Waals surface area contributed by atoms with Gasteiger partial charge >= 0.3 is 0 Å². The third-order valence-corrected chi connectivity index (χ3v) is 6.52. The molecule has 1 N–H and O–H groups in total. The maximum Gasteiger partial charge on any atom is 0.254 e. The predicted molar refractivity (Wildman–Crippen MR) is 112 cm³/mol. The molecule has 1 aliphatic carbocycles. The Morgan fingerprint density at radius 1 is 1.33 bits per heavy atom. The van der Waals surface area contributed by atoms with E-state index in [-0.39, 0.29) is 17.9 Å². The van der Waals surface area contributed by atoms with Crippen LogP contribution in [0.4, 0.5) is 0 Å². The first-order valence-corrected chi connectivity index (χ1v) is 10.7. The van der Waals surface area contributed by atoms with E-state index in [1.54, 1.807) is 13.8 Å². The molecule has 1 aromatic carbocycles. The van der Waals surface area contributed by atoms with Crippen molar-refractivity contribution in [3.8, 4) is 6.07 Å². The zero-order chi connectivity index (χ0) is 21.7. The highest BCUT2D eigenvalue weighted by molar-refractivity contribution is 5.96. The van der Waals surface area contributed by atoms with Crippen molar-refractivity contribution in [2.75, 3.05) is 6.54 Å². The van der Waals surface area contributed by atoms with E-state index in [9.17, 15) is 15.2 Å². The van der Waals surface area contributed by atoms with Gasteiger partial charge in [0, 0.05) is 18.2 Å². The van der Waals surface area contributed by atoms with E-state index >= 15 is 0 Å². The van der Waals surface area contributed by atoms with Gasteiger partial charge in [-0.2, -0.15) is 5.26 Å². The van der Waals surface area contributed by atoms with Crippen LogP contribution in [0, 0.1) is 18.3 Å². The van der Waals surface area contributed by atoms with Crippen LogP contribution in [0.2, 0.25) is 0 Å². The lowest BCUT2D eigenvalue weighted by Gasteiger charge is -2.37. The average molecular weight is 408 g/mol. The number of nitrogens with zero attached hydrogens (tertiary/aromatic N) is 3. The molecule has 2 atom stereocenters. The molecule has 1 saturated heterocycles. The third-order valence-electron chi connectivity index (χ3n) is 6.52. The highest BCUT2D eigenvalue weighted by Crippen LogP contribution is 2.49. The van der Waals surface area contributed by atoms with Crippen LogP contribution in [-0.4, -0.2) is 33.5 Å². The zero-order valence-electron chi connectivity index (χ0n) is 18.1. The van der Waals surface area contributed by atoms with Gasteiger partial charge in [-0.25, -0.2) is 4.98 Å². The molecule has 30 heavy (non-hydrogen) atoms. The molecular weight excluding hydrogens is 378 g/mol. The molecule has 6 heteroatoms. The first-order valence-electron chi connectivity index (χ1n) is 10.7. The minimum atomic E-state index is -1.07. The van der Waals surface area contributed by atoms with Gasteiger partial charge in [0.15, 0.2) is 5.89 Å². The molecule has 1 aliphatic heterocycles. The van der Waals surface area contributed by atoms with Gasteiger partial charge in [-0.15, -0.1) is 0 Å². The van der Waals surface area contributed by atoms with Crippen LogP contribution >= 0.6 is 0 Å². The Labute approximate surface area is 177 Å². The molecule has 1 aromatic heterocycles. The fourth-order valence-corrected chi connectivity index (χ4v) is 4.56. The van der Waals surface area contributed by atoms with E-state index in [4.69, 9.17) is 4.42 Å². The number of carbonyl (C=O) groups is 1. The Bertz CT molecular complexity index is 1010. The number of hydrogen-bond donors (Lipinski definition) is 1. The number of benzene rings is 1. The van der Waals surface area contributed by atoms with Gasteiger partial charge in [-0.05, 0) is 65.0 Å². The molecule has 2 aliphatic rings. The van der Waals surface area contributed by atoms with Gasteiger partial charge < -0.3 is 14.4 Å². The summed E-state index contributed by atoms with van der Waals surface area (Å²) in [5.74, 6) is 1.15. The molecule has 2 aromatic rings. The molecule has 1 saturated carbocycles. The highest BCUT2D eigenvalue weighted by Gasteiger charge is 2.47. The number of aliphatic hydroxyl groups is 1. The maximum absolute atomic E-state index is 13.6. The Balaban J connectivity index is 1.62. The lowest BCUT2D eigenvalue weighted by molar-refractivity contribution is 0.0593. The number of aryl methyl sites for hydroxylation is 1. The maximum atomic E-state index is 13.6. The quantitative estimate of drug-likeness (QED) is 0.821. The van der Waals surface area contributed by atoms with Crippen LogP contribution in [-0.2, 0) is 11.0 Å². The van der Waals surface area contributed by atoms with Gasteiger partial charge in [0.25, 0.3) is 5.91 Å². The number of oxazole rings is 1. The largest absolute Gasteiger partial charge is 0.445 e. The standard InChI is InChI=1S/C24H29N3O3/c1-15-9-10-17(21-26-20(16(2)30-21)23(3,4)29)13-27(15)22(28)18-7-5-6-8-19(18)24(14-25)11-12-24/h5-8,15,17,29H,9-13H2,1-4H3/t15-,17-/m1/s1. The Hall–Kier alpha value is -2.65. The van der Waals surface area contributed by atoms with Gasteiger partial charge in [0.2, 0.25) is 0 Å². The van der Waals surface area contributed by atoms with Crippen molar-refractivity contribution < 1.29 is 14.3 Å². The number of carbonyl (C=O) groups excluding carboxylic acids is 1. The van der Waals surface area contributed by atoms with Crippen molar-refractivity contribution >= 4 is 5.91 Å². The summed E-state index contributed by atoms with van der Waals surface area (Å²) in [6.45, 7) is 7.78. The van der Waals surface area contributed by atoms with E-state index < -0.39 is 11.0 Å². The number of nitriles is 1. The fraction of sp³-hybridized carbons (Fsp3) is 0.542. The second-order valence-corrected chi connectivity index (χ2v) is 9.34. The number of piperidine rings is 1. The predicted octanol–water partition coefficient (Wildman–Crippen LogP) is 4.17. The summed E-state index contributed by atoms with van der Waals surface area (Å²) in [5.41, 5.74) is 0.446. The highest BCUT2D eigenvalue weighted by atomic mass is 16.4. The average Bonchev–Trinajstić information content (AvgIpc) is 3.41. The summed E-state index contributed by atoms with van der Waals surface area (Å²) in [6, 6.07) is 10.0. The first kappa shape index (κ1) is 20.6. The van der Waals surface area contributed by atoms with Crippen molar-refractivity contribution in [2.24, 2.45) is 0 Å². The molecular formula is C24H29N3O3. The summed E-state index contributed by atoms with van der Waals surface area (Å²) in [5, 5.41) is 20.0. The van der Waals surface area contributed by atoms with Crippen LogP contribution in [0.25, 0.3) is 0 Å². The Morgan fingerprint density at radius 3 is 2.63 bits per heavy atom. The number of amides is 1. The van der Waals surface area contributed by atoms with Crippen molar-refractivity contribution in [1.29, 1.82) is 5.26 Å². The zero-order valence-corrected chi connectivity index (χ0v) is 18.1. The van der Waals surface area contributed by atoms with Gasteiger partial charge in [0.1, 0.15) is 17.1 Å². The Morgan fingerprint density at radius 2 is 2.03 bits per heavy atom. The van der Waals surface area contributed by atoms with Crippen molar-refractivity contribution in [3.05, 3.63) is 52.7 Å². The molecule has 2 fully saturated rings. The second-order valence-electron chi connectivity index (χ2n) is 9.34. The van der Waals surface area contributed by atoms with Crippen LogP contribution in [0.1, 0.15) is 85.6 Å². The van der Waals surface area contributed by atoms with Gasteiger partial charge in [-0.3, -0.25) is 4.79 Å². The van der Waals surface area contributed by atoms with Crippen LogP contribution in [0.15, 0.2) is 28.7 Å². The van der Waals surface area contributed by atoms with Crippen LogP contribution in [0.5, 0.6) is 0 Å². The number of rotatable bonds is 4. The lowest BCUT2D eigenvalue weighted by atomic mass is 9.89. The second kappa shape index (κ2) is 7.24. The summed E-state index contributed by atoms with van der Waals surface area (Å²) in [4.78, 5) is 20.0. The lowest BCUT2D eigenvalue weighted by Crippen LogP contribution is -2.45. The molecule has 4 rings (SSSR count). The minimum Gasteiger partial charge on any atom is -0.445 e.